The number of halogens is 1. The summed E-state index contributed by atoms with van der Waals surface area (Å²) in [4.78, 5) is 12.0. The molecule has 6 heteroatoms. The second-order valence-corrected chi connectivity index (χ2v) is 6.66. The summed E-state index contributed by atoms with van der Waals surface area (Å²) in [5.74, 6) is 1.73. The lowest BCUT2D eigenvalue weighted by Crippen LogP contribution is -2.36. The standard InChI is InChI=1S/C14H19ClN4S/c1-10-2-6-19(7-3-10)8-5-16-12-11-4-9-20-13(11)18-14(15)17-12/h4,9-10H,2-3,5-8H2,1H3,(H,16,17,18). The third-order valence-electron chi connectivity index (χ3n) is 3.89. The summed E-state index contributed by atoms with van der Waals surface area (Å²) in [5, 5.41) is 6.80. The number of piperidine rings is 1. The molecule has 1 saturated heterocycles. The van der Waals surface area contributed by atoms with E-state index in [4.69, 9.17) is 11.6 Å². The van der Waals surface area contributed by atoms with Crippen molar-refractivity contribution >= 4 is 39.0 Å². The third kappa shape index (κ3) is 3.22. The van der Waals surface area contributed by atoms with Crippen molar-refractivity contribution in [1.29, 1.82) is 0 Å². The summed E-state index contributed by atoms with van der Waals surface area (Å²) in [6, 6.07) is 2.04. The maximum absolute atomic E-state index is 5.96. The molecule has 3 rings (SSSR count). The van der Waals surface area contributed by atoms with Gasteiger partial charge >= 0.3 is 0 Å². The molecule has 0 aromatic carbocycles. The Balaban J connectivity index is 1.58. The monoisotopic (exact) mass is 310 g/mol. The molecule has 20 heavy (non-hydrogen) atoms. The van der Waals surface area contributed by atoms with Crippen LogP contribution in [0.1, 0.15) is 19.8 Å². The Hall–Kier alpha value is -0.910. The number of rotatable bonds is 4. The van der Waals surface area contributed by atoms with Crippen molar-refractivity contribution in [1.82, 2.24) is 14.9 Å². The minimum atomic E-state index is 0.314. The number of thiophene rings is 1. The number of anilines is 1. The van der Waals surface area contributed by atoms with Gasteiger partial charge in [0.05, 0.1) is 5.39 Å². The fourth-order valence-electron chi connectivity index (χ4n) is 2.58. The van der Waals surface area contributed by atoms with Crippen LogP contribution in [0.3, 0.4) is 0 Å². The maximum Gasteiger partial charge on any atom is 0.225 e. The minimum Gasteiger partial charge on any atom is -0.368 e. The molecule has 0 aliphatic carbocycles. The van der Waals surface area contributed by atoms with E-state index in [9.17, 15) is 0 Å². The molecule has 4 nitrogen and oxygen atoms in total. The van der Waals surface area contributed by atoms with Crippen molar-refractivity contribution in [3.05, 3.63) is 16.7 Å². The normalized spacial score (nSPS) is 17.7. The average molecular weight is 311 g/mol. The Morgan fingerprint density at radius 3 is 3.00 bits per heavy atom. The molecule has 0 amide bonds. The highest BCUT2D eigenvalue weighted by molar-refractivity contribution is 7.16. The molecule has 2 aromatic rings. The highest BCUT2D eigenvalue weighted by Gasteiger charge is 2.15. The molecule has 2 aromatic heterocycles. The Morgan fingerprint density at radius 1 is 1.40 bits per heavy atom. The van der Waals surface area contributed by atoms with Crippen molar-refractivity contribution < 1.29 is 0 Å². The van der Waals surface area contributed by atoms with Gasteiger partial charge in [0.2, 0.25) is 5.28 Å². The Bertz CT molecular complexity index is 578. The smallest absolute Gasteiger partial charge is 0.225 e. The van der Waals surface area contributed by atoms with Crippen LogP contribution in [0.15, 0.2) is 11.4 Å². The van der Waals surface area contributed by atoms with E-state index in [0.29, 0.717) is 5.28 Å². The molecule has 0 spiro atoms. The van der Waals surface area contributed by atoms with Gasteiger partial charge in [-0.05, 0) is 54.9 Å². The van der Waals surface area contributed by atoms with E-state index in [2.05, 4.69) is 27.1 Å². The van der Waals surface area contributed by atoms with Crippen LogP contribution >= 0.6 is 22.9 Å². The first kappa shape index (κ1) is 14.0. The number of aromatic nitrogens is 2. The Morgan fingerprint density at radius 2 is 2.20 bits per heavy atom. The van der Waals surface area contributed by atoms with Crippen LogP contribution in [0, 0.1) is 5.92 Å². The zero-order valence-corrected chi connectivity index (χ0v) is 13.2. The summed E-state index contributed by atoms with van der Waals surface area (Å²) >= 11 is 7.55. The second kappa shape index (κ2) is 6.24. The zero-order valence-electron chi connectivity index (χ0n) is 11.6. The number of likely N-dealkylation sites (tertiary alicyclic amines) is 1. The average Bonchev–Trinajstić information content (AvgIpc) is 2.89. The quantitative estimate of drug-likeness (QED) is 0.878. The van der Waals surface area contributed by atoms with Crippen LogP contribution < -0.4 is 5.32 Å². The first-order valence-electron chi connectivity index (χ1n) is 7.09. The van der Waals surface area contributed by atoms with E-state index in [0.717, 1.165) is 35.0 Å². The fraction of sp³-hybridized carbons (Fsp3) is 0.571. The maximum atomic E-state index is 5.96. The van der Waals surface area contributed by atoms with Gasteiger partial charge in [-0.15, -0.1) is 11.3 Å². The van der Waals surface area contributed by atoms with E-state index in [-0.39, 0.29) is 0 Å². The van der Waals surface area contributed by atoms with Crippen LogP contribution in [0.25, 0.3) is 10.2 Å². The highest BCUT2D eigenvalue weighted by Crippen LogP contribution is 2.26. The molecule has 1 N–H and O–H groups in total. The molecule has 0 unspecified atom stereocenters. The van der Waals surface area contributed by atoms with Crippen molar-refractivity contribution in [3.63, 3.8) is 0 Å². The summed E-state index contributed by atoms with van der Waals surface area (Å²) in [5.41, 5.74) is 0. The van der Waals surface area contributed by atoms with E-state index < -0.39 is 0 Å². The lowest BCUT2D eigenvalue weighted by Gasteiger charge is -2.30. The molecule has 3 heterocycles. The van der Waals surface area contributed by atoms with Crippen LogP contribution in [-0.2, 0) is 0 Å². The van der Waals surface area contributed by atoms with E-state index >= 15 is 0 Å². The molecule has 0 atom stereocenters. The highest BCUT2D eigenvalue weighted by atomic mass is 35.5. The van der Waals surface area contributed by atoms with Gasteiger partial charge in [0.25, 0.3) is 0 Å². The van der Waals surface area contributed by atoms with Gasteiger partial charge in [-0.1, -0.05) is 6.92 Å². The van der Waals surface area contributed by atoms with Crippen molar-refractivity contribution in [2.45, 2.75) is 19.8 Å². The van der Waals surface area contributed by atoms with Crippen LogP contribution in [0.5, 0.6) is 0 Å². The Kier molecular flexibility index (Phi) is 4.38. The summed E-state index contributed by atoms with van der Waals surface area (Å²) < 4.78 is 0. The van der Waals surface area contributed by atoms with Crippen molar-refractivity contribution in [2.24, 2.45) is 5.92 Å². The van der Waals surface area contributed by atoms with Gasteiger partial charge in [-0.25, -0.2) is 9.97 Å². The van der Waals surface area contributed by atoms with Crippen LogP contribution in [-0.4, -0.2) is 41.0 Å². The number of fused-ring (bicyclic) bond motifs is 1. The lowest BCUT2D eigenvalue weighted by atomic mass is 9.99. The van der Waals surface area contributed by atoms with Gasteiger partial charge in [-0.2, -0.15) is 0 Å². The Labute approximate surface area is 128 Å². The molecule has 108 valence electrons. The van der Waals surface area contributed by atoms with E-state index in [1.807, 2.05) is 11.4 Å². The van der Waals surface area contributed by atoms with Gasteiger partial charge in [-0.3, -0.25) is 0 Å². The number of nitrogens with zero attached hydrogens (tertiary/aromatic N) is 3. The fourth-order valence-corrected chi connectivity index (χ4v) is 3.57. The van der Waals surface area contributed by atoms with Crippen LogP contribution in [0.4, 0.5) is 5.82 Å². The van der Waals surface area contributed by atoms with E-state index in [1.54, 1.807) is 11.3 Å². The number of nitrogens with one attached hydrogen (secondary N) is 1. The number of hydrogen-bond acceptors (Lipinski definition) is 5. The third-order valence-corrected chi connectivity index (χ3v) is 4.87. The minimum absolute atomic E-state index is 0.314. The summed E-state index contributed by atoms with van der Waals surface area (Å²) in [6.45, 7) is 6.71. The lowest BCUT2D eigenvalue weighted by molar-refractivity contribution is 0.199. The largest absolute Gasteiger partial charge is 0.368 e. The molecular formula is C14H19ClN4S. The molecular weight excluding hydrogens is 292 g/mol. The van der Waals surface area contributed by atoms with E-state index in [1.165, 1.54) is 25.9 Å². The molecule has 0 saturated carbocycles. The molecule has 1 aliphatic rings. The number of hydrogen-bond donors (Lipinski definition) is 1. The summed E-state index contributed by atoms with van der Waals surface area (Å²) in [7, 11) is 0. The molecule has 1 fully saturated rings. The topological polar surface area (TPSA) is 41.0 Å². The van der Waals surface area contributed by atoms with Crippen molar-refractivity contribution in [3.8, 4) is 0 Å². The zero-order chi connectivity index (χ0) is 13.9. The van der Waals surface area contributed by atoms with Gasteiger partial charge < -0.3 is 10.2 Å². The molecule has 1 aliphatic heterocycles. The van der Waals surface area contributed by atoms with Crippen LogP contribution in [0.2, 0.25) is 5.28 Å². The first-order valence-corrected chi connectivity index (χ1v) is 8.35. The SMILES string of the molecule is CC1CCN(CCNc2nc(Cl)nc3sccc23)CC1. The molecule has 0 radical (unpaired) electrons. The van der Waals surface area contributed by atoms with Gasteiger partial charge in [0, 0.05) is 13.1 Å². The predicted molar refractivity (Wildman–Crippen MR) is 85.8 cm³/mol. The second-order valence-electron chi connectivity index (χ2n) is 5.43. The van der Waals surface area contributed by atoms with Gasteiger partial charge in [0.1, 0.15) is 10.6 Å². The summed E-state index contributed by atoms with van der Waals surface area (Å²) in [6.07, 6.45) is 2.63. The first-order chi connectivity index (χ1) is 9.72. The van der Waals surface area contributed by atoms with Crippen molar-refractivity contribution in [2.75, 3.05) is 31.5 Å². The molecule has 0 bridgehead atoms. The predicted octanol–water partition coefficient (Wildman–Crippen LogP) is 3.49. The van der Waals surface area contributed by atoms with Gasteiger partial charge in [0.15, 0.2) is 0 Å².